The van der Waals surface area contributed by atoms with Crippen LogP contribution in [0.5, 0.6) is 5.75 Å². The van der Waals surface area contributed by atoms with Gasteiger partial charge in [0.2, 0.25) is 0 Å². The highest BCUT2D eigenvalue weighted by atomic mass is 32.2. The molecule has 1 atom stereocenters. The molecular formula is C17H17F6O10S2-. The molecule has 200 valence electrons. The van der Waals surface area contributed by atoms with Crippen molar-refractivity contribution in [3.8, 4) is 5.75 Å². The van der Waals surface area contributed by atoms with Crippen LogP contribution in [0.1, 0.15) is 30.6 Å². The van der Waals surface area contributed by atoms with E-state index in [-0.39, 0.29) is 12.2 Å². The van der Waals surface area contributed by atoms with Crippen LogP contribution in [0, 0.1) is 5.92 Å². The van der Waals surface area contributed by atoms with Crippen molar-refractivity contribution in [2.24, 2.45) is 5.92 Å². The third kappa shape index (κ3) is 6.35. The van der Waals surface area contributed by atoms with E-state index >= 15 is 0 Å². The molecule has 1 rings (SSSR count). The van der Waals surface area contributed by atoms with E-state index < -0.39 is 66.9 Å². The fraction of sp³-hybridized carbons (Fsp3) is 0.529. The number of carbonyl (C=O) groups excluding carboxylic acids is 2. The van der Waals surface area contributed by atoms with Crippen LogP contribution < -0.4 is 4.18 Å². The summed E-state index contributed by atoms with van der Waals surface area (Å²) in [5.74, 6) is -10.4. The molecular weight excluding hydrogens is 542 g/mol. The van der Waals surface area contributed by atoms with E-state index in [0.717, 1.165) is 0 Å². The van der Waals surface area contributed by atoms with Crippen molar-refractivity contribution in [2.75, 3.05) is 13.2 Å². The number of alkyl halides is 6. The highest BCUT2D eigenvalue weighted by Gasteiger charge is 2.81. The van der Waals surface area contributed by atoms with E-state index in [1.807, 2.05) is 0 Å². The summed E-state index contributed by atoms with van der Waals surface area (Å²) in [5, 5.41) is -13.9. The van der Waals surface area contributed by atoms with E-state index in [9.17, 15) is 57.3 Å². The topological polar surface area (TPSA) is 153 Å². The Labute approximate surface area is 195 Å². The van der Waals surface area contributed by atoms with Gasteiger partial charge in [0.1, 0.15) is 19.0 Å². The first-order chi connectivity index (χ1) is 15.7. The van der Waals surface area contributed by atoms with Gasteiger partial charge in [-0.1, -0.05) is 13.8 Å². The zero-order chi connectivity index (χ0) is 27.5. The molecule has 0 bridgehead atoms. The molecule has 1 aromatic carbocycles. The van der Waals surface area contributed by atoms with E-state index in [1.54, 1.807) is 13.8 Å². The molecule has 0 saturated carbocycles. The van der Waals surface area contributed by atoms with Crippen LogP contribution in [0.4, 0.5) is 26.3 Å². The second-order valence-electron chi connectivity index (χ2n) is 6.74. The minimum absolute atomic E-state index is 0.304. The molecule has 0 saturated heterocycles. The van der Waals surface area contributed by atoms with E-state index in [0.29, 0.717) is 30.7 Å². The van der Waals surface area contributed by atoms with Gasteiger partial charge in [0.25, 0.3) is 0 Å². The average Bonchev–Trinajstić information content (AvgIpc) is 2.74. The van der Waals surface area contributed by atoms with Crippen LogP contribution in [0.25, 0.3) is 0 Å². The van der Waals surface area contributed by atoms with Crippen LogP contribution in [0.15, 0.2) is 24.3 Å². The largest absolute Gasteiger partial charge is 0.743 e. The maximum absolute atomic E-state index is 13.7. The quantitative estimate of drug-likeness (QED) is 0.123. The number of benzene rings is 1. The SMILES string of the molecule is CCC(C)C(=O)OCCOC(=O)c1ccc(OS(=O)(=O)C(F)(F)C(F)(F)C(F)(F)S(=O)(=O)[O-])cc1. The Bertz CT molecular complexity index is 1130. The van der Waals surface area contributed by atoms with Crippen LogP contribution >= 0.6 is 0 Å². The molecule has 0 amide bonds. The van der Waals surface area contributed by atoms with Gasteiger partial charge < -0.3 is 18.2 Å². The number of carbonyl (C=O) groups is 2. The molecule has 10 nitrogen and oxygen atoms in total. The molecule has 35 heavy (non-hydrogen) atoms. The van der Waals surface area contributed by atoms with Crippen molar-refractivity contribution < 1.29 is 71.0 Å². The summed E-state index contributed by atoms with van der Waals surface area (Å²) in [4.78, 5) is 23.3. The lowest BCUT2D eigenvalue weighted by Gasteiger charge is -2.32. The van der Waals surface area contributed by atoms with Crippen molar-refractivity contribution in [2.45, 2.75) is 36.7 Å². The minimum atomic E-state index is -7.42. The molecule has 0 aromatic heterocycles. The first kappa shape index (κ1) is 30.4. The summed E-state index contributed by atoms with van der Waals surface area (Å²) < 4.78 is 148. The van der Waals surface area contributed by atoms with Gasteiger partial charge in [0.05, 0.1) is 11.5 Å². The fourth-order valence-corrected chi connectivity index (χ4v) is 3.40. The Hall–Kier alpha value is -2.60. The third-order valence-corrected chi connectivity index (χ3v) is 6.41. The van der Waals surface area contributed by atoms with Gasteiger partial charge in [0, 0.05) is 0 Å². The zero-order valence-electron chi connectivity index (χ0n) is 17.7. The lowest BCUT2D eigenvalue weighted by molar-refractivity contribution is -0.247. The number of hydrogen-bond donors (Lipinski definition) is 0. The molecule has 0 aliphatic carbocycles. The number of ether oxygens (including phenoxy) is 2. The van der Waals surface area contributed by atoms with Gasteiger partial charge in [-0.25, -0.2) is 13.2 Å². The molecule has 0 fully saturated rings. The monoisotopic (exact) mass is 559 g/mol. The second kappa shape index (κ2) is 10.6. The molecule has 18 heteroatoms. The molecule has 0 aliphatic heterocycles. The lowest BCUT2D eigenvalue weighted by atomic mass is 10.1. The van der Waals surface area contributed by atoms with Crippen molar-refractivity contribution in [3.63, 3.8) is 0 Å². The number of rotatable bonds is 12. The summed E-state index contributed by atoms with van der Waals surface area (Å²) in [6.07, 6.45) is 0.506. The predicted molar refractivity (Wildman–Crippen MR) is 101 cm³/mol. The van der Waals surface area contributed by atoms with Crippen molar-refractivity contribution in [3.05, 3.63) is 29.8 Å². The van der Waals surface area contributed by atoms with Gasteiger partial charge in [0.15, 0.2) is 10.1 Å². The normalized spacial score (nSPS) is 14.2. The molecule has 1 unspecified atom stereocenters. The Morgan fingerprint density at radius 2 is 1.40 bits per heavy atom. The maximum atomic E-state index is 13.7. The first-order valence-electron chi connectivity index (χ1n) is 9.19. The Kier molecular flexibility index (Phi) is 9.19. The van der Waals surface area contributed by atoms with E-state index in [2.05, 4.69) is 4.18 Å². The number of esters is 2. The summed E-state index contributed by atoms with van der Waals surface area (Å²) in [5.41, 5.74) is -0.343. The van der Waals surface area contributed by atoms with Crippen molar-refractivity contribution in [1.82, 2.24) is 0 Å². The summed E-state index contributed by atoms with van der Waals surface area (Å²) in [6, 6.07) is 2.39. The average molecular weight is 559 g/mol. The molecule has 0 N–H and O–H groups in total. The van der Waals surface area contributed by atoms with E-state index in [4.69, 9.17) is 9.47 Å². The predicted octanol–water partition coefficient (Wildman–Crippen LogP) is 2.51. The molecule has 0 radical (unpaired) electrons. The van der Waals surface area contributed by atoms with Crippen LogP contribution in [-0.4, -0.2) is 63.0 Å². The van der Waals surface area contributed by atoms with Gasteiger partial charge in [-0.15, -0.1) is 0 Å². The first-order valence-corrected chi connectivity index (χ1v) is 12.0. The van der Waals surface area contributed by atoms with E-state index in [1.165, 1.54) is 0 Å². The number of halogens is 6. The summed E-state index contributed by atoms with van der Waals surface area (Å²) in [6.45, 7) is 2.64. The summed E-state index contributed by atoms with van der Waals surface area (Å²) >= 11 is 0. The smallest absolute Gasteiger partial charge is 0.450 e. The van der Waals surface area contributed by atoms with Gasteiger partial charge in [-0.2, -0.15) is 34.8 Å². The molecule has 0 spiro atoms. The van der Waals surface area contributed by atoms with Gasteiger partial charge in [-0.3, -0.25) is 4.79 Å². The Morgan fingerprint density at radius 1 is 0.914 bits per heavy atom. The Balaban J connectivity index is 2.92. The second-order valence-corrected chi connectivity index (χ2v) is 9.75. The van der Waals surface area contributed by atoms with Crippen molar-refractivity contribution >= 4 is 32.2 Å². The van der Waals surface area contributed by atoms with Crippen molar-refractivity contribution in [1.29, 1.82) is 0 Å². The molecule has 0 aliphatic rings. The molecule has 1 aromatic rings. The maximum Gasteiger partial charge on any atom is 0.450 e. The number of hydrogen-bond acceptors (Lipinski definition) is 10. The van der Waals surface area contributed by atoms with Gasteiger partial charge >= 0.3 is 38.5 Å². The van der Waals surface area contributed by atoms with Crippen LogP contribution in [0.2, 0.25) is 0 Å². The summed E-state index contributed by atoms with van der Waals surface area (Å²) in [7, 11) is -14.4. The van der Waals surface area contributed by atoms with Crippen LogP contribution in [0.3, 0.4) is 0 Å². The highest BCUT2D eigenvalue weighted by Crippen LogP contribution is 2.50. The minimum Gasteiger partial charge on any atom is -0.743 e. The standard InChI is InChI=1S/C17H18F6O10S2/c1-3-10(2)13(24)31-8-9-32-14(25)11-4-6-12(7-5-11)33-35(29,30)17(22,23)15(18,19)16(20,21)34(26,27)28/h4-7,10H,3,8-9H2,1-2H3,(H,26,27,28)/p-1. The highest BCUT2D eigenvalue weighted by molar-refractivity contribution is 7.88. The molecule has 0 heterocycles. The Morgan fingerprint density at radius 3 is 1.86 bits per heavy atom. The fourth-order valence-electron chi connectivity index (χ4n) is 1.98. The zero-order valence-corrected chi connectivity index (χ0v) is 19.3. The van der Waals surface area contributed by atoms with Gasteiger partial charge in [-0.05, 0) is 30.7 Å². The third-order valence-electron chi connectivity index (χ3n) is 4.23. The lowest BCUT2D eigenvalue weighted by Crippen LogP contribution is -2.61. The van der Waals surface area contributed by atoms with Crippen LogP contribution in [-0.2, 0) is 34.5 Å².